The van der Waals surface area contributed by atoms with E-state index in [-0.39, 0.29) is 5.97 Å². The molecule has 1 aromatic rings. The fourth-order valence-electron chi connectivity index (χ4n) is 2.38. The molecule has 0 amide bonds. The molecule has 0 unspecified atom stereocenters. The molecule has 1 aliphatic heterocycles. The van der Waals surface area contributed by atoms with Gasteiger partial charge in [0.2, 0.25) is 0 Å². The highest BCUT2D eigenvalue weighted by molar-refractivity contribution is 5.81. The van der Waals surface area contributed by atoms with Crippen LogP contribution in [0.4, 0.5) is 0 Å². The standard InChI is InChI=1S/C18H24O5/c1-2-21-17(19)9-6-10-18(22-13-14-23-18)11-12-20-15-16-7-4-3-5-8-16/h3-9H,2,10-15H2,1H3/b9-6+. The van der Waals surface area contributed by atoms with Gasteiger partial charge in [-0.3, -0.25) is 0 Å². The molecule has 1 aliphatic rings. The van der Waals surface area contributed by atoms with Crippen molar-refractivity contribution in [2.45, 2.75) is 32.2 Å². The Labute approximate surface area is 137 Å². The summed E-state index contributed by atoms with van der Waals surface area (Å²) in [5.74, 6) is -1.04. The Morgan fingerprint density at radius 3 is 2.70 bits per heavy atom. The van der Waals surface area contributed by atoms with E-state index in [9.17, 15) is 4.79 Å². The third kappa shape index (κ3) is 6.14. The lowest BCUT2D eigenvalue weighted by Gasteiger charge is -2.26. The average Bonchev–Trinajstić information content (AvgIpc) is 3.02. The molecule has 0 bridgehead atoms. The van der Waals surface area contributed by atoms with Crippen LogP contribution in [-0.2, 0) is 30.3 Å². The quantitative estimate of drug-likeness (QED) is 0.398. The lowest BCUT2D eigenvalue weighted by molar-refractivity contribution is -0.167. The van der Waals surface area contributed by atoms with E-state index >= 15 is 0 Å². The first-order valence-electron chi connectivity index (χ1n) is 7.97. The summed E-state index contributed by atoms with van der Waals surface area (Å²) < 4.78 is 22.0. The second-order valence-electron chi connectivity index (χ2n) is 5.25. The van der Waals surface area contributed by atoms with Crippen molar-refractivity contribution in [3.05, 3.63) is 48.0 Å². The van der Waals surface area contributed by atoms with Crippen LogP contribution >= 0.6 is 0 Å². The van der Waals surface area contributed by atoms with Crippen molar-refractivity contribution >= 4 is 5.97 Å². The molecular weight excluding hydrogens is 296 g/mol. The molecule has 0 saturated carbocycles. The number of carbonyl (C=O) groups excluding carboxylic acids is 1. The summed E-state index contributed by atoms with van der Waals surface area (Å²) in [4.78, 5) is 11.3. The van der Waals surface area contributed by atoms with Gasteiger partial charge in [0.15, 0.2) is 5.79 Å². The maximum Gasteiger partial charge on any atom is 0.330 e. The predicted molar refractivity (Wildman–Crippen MR) is 85.7 cm³/mol. The van der Waals surface area contributed by atoms with Crippen molar-refractivity contribution in [3.63, 3.8) is 0 Å². The minimum atomic E-state index is -0.695. The minimum absolute atomic E-state index is 0.346. The molecule has 5 heteroatoms. The van der Waals surface area contributed by atoms with Crippen LogP contribution in [-0.4, -0.2) is 38.2 Å². The van der Waals surface area contributed by atoms with E-state index in [2.05, 4.69) is 0 Å². The highest BCUT2D eigenvalue weighted by atomic mass is 16.7. The smallest absolute Gasteiger partial charge is 0.330 e. The topological polar surface area (TPSA) is 54.0 Å². The molecule has 126 valence electrons. The van der Waals surface area contributed by atoms with Crippen LogP contribution in [0.15, 0.2) is 42.5 Å². The fraction of sp³-hybridized carbons (Fsp3) is 0.500. The first-order chi connectivity index (χ1) is 11.2. The molecule has 0 aliphatic carbocycles. The Balaban J connectivity index is 1.75. The molecule has 1 aromatic carbocycles. The van der Waals surface area contributed by atoms with E-state index in [0.717, 1.165) is 5.56 Å². The van der Waals surface area contributed by atoms with Gasteiger partial charge in [-0.25, -0.2) is 4.79 Å². The number of rotatable bonds is 9. The summed E-state index contributed by atoms with van der Waals surface area (Å²) in [5.41, 5.74) is 1.14. The van der Waals surface area contributed by atoms with Crippen LogP contribution in [0.1, 0.15) is 25.3 Å². The van der Waals surface area contributed by atoms with Gasteiger partial charge in [-0.15, -0.1) is 0 Å². The van der Waals surface area contributed by atoms with E-state index < -0.39 is 5.79 Å². The maximum absolute atomic E-state index is 11.3. The highest BCUT2D eigenvalue weighted by Crippen LogP contribution is 2.28. The van der Waals surface area contributed by atoms with E-state index in [1.54, 1.807) is 13.0 Å². The Hall–Kier alpha value is -1.69. The zero-order valence-corrected chi connectivity index (χ0v) is 13.5. The van der Waals surface area contributed by atoms with Gasteiger partial charge in [0.05, 0.1) is 33.0 Å². The summed E-state index contributed by atoms with van der Waals surface area (Å²) in [6.07, 6.45) is 4.27. The van der Waals surface area contributed by atoms with Gasteiger partial charge in [-0.1, -0.05) is 36.4 Å². The summed E-state index contributed by atoms with van der Waals surface area (Å²) >= 11 is 0. The summed E-state index contributed by atoms with van der Waals surface area (Å²) in [5, 5.41) is 0. The number of esters is 1. The SMILES string of the molecule is CCOC(=O)/C=C/CC1(CCOCc2ccccc2)OCCO1. The zero-order chi connectivity index (χ0) is 16.4. The van der Waals surface area contributed by atoms with Gasteiger partial charge in [0.25, 0.3) is 0 Å². The summed E-state index contributed by atoms with van der Waals surface area (Å²) in [6.45, 7) is 4.37. The number of hydrogen-bond acceptors (Lipinski definition) is 5. The van der Waals surface area contributed by atoms with Gasteiger partial charge >= 0.3 is 5.97 Å². The van der Waals surface area contributed by atoms with E-state index in [4.69, 9.17) is 18.9 Å². The van der Waals surface area contributed by atoms with Crippen LogP contribution < -0.4 is 0 Å². The number of hydrogen-bond donors (Lipinski definition) is 0. The first-order valence-corrected chi connectivity index (χ1v) is 7.97. The van der Waals surface area contributed by atoms with Gasteiger partial charge < -0.3 is 18.9 Å². The molecule has 0 radical (unpaired) electrons. The van der Waals surface area contributed by atoms with Gasteiger partial charge in [0, 0.05) is 18.9 Å². The summed E-state index contributed by atoms with van der Waals surface area (Å²) in [6, 6.07) is 10.0. The molecule has 0 aromatic heterocycles. The van der Waals surface area contributed by atoms with Gasteiger partial charge in [-0.05, 0) is 12.5 Å². The molecule has 1 fully saturated rings. The van der Waals surface area contributed by atoms with Crippen molar-refractivity contribution in [1.29, 1.82) is 0 Å². The Kier molecular flexibility index (Phi) is 7.26. The van der Waals surface area contributed by atoms with Crippen LogP contribution in [0.2, 0.25) is 0 Å². The van der Waals surface area contributed by atoms with Gasteiger partial charge in [0.1, 0.15) is 0 Å². The lowest BCUT2D eigenvalue weighted by Crippen LogP contribution is -2.31. The second-order valence-corrected chi connectivity index (χ2v) is 5.25. The number of carbonyl (C=O) groups is 1. The molecule has 1 saturated heterocycles. The second kappa shape index (κ2) is 9.45. The molecule has 23 heavy (non-hydrogen) atoms. The zero-order valence-electron chi connectivity index (χ0n) is 13.5. The van der Waals surface area contributed by atoms with E-state index in [1.165, 1.54) is 6.08 Å². The van der Waals surface area contributed by atoms with Crippen LogP contribution in [0.25, 0.3) is 0 Å². The van der Waals surface area contributed by atoms with E-state index in [1.807, 2.05) is 30.3 Å². The van der Waals surface area contributed by atoms with Crippen LogP contribution in [0.3, 0.4) is 0 Å². The molecule has 0 spiro atoms. The third-order valence-electron chi connectivity index (χ3n) is 3.52. The molecule has 0 N–H and O–H groups in total. The fourth-order valence-corrected chi connectivity index (χ4v) is 2.38. The lowest BCUT2D eigenvalue weighted by atomic mass is 10.1. The predicted octanol–water partition coefficient (Wildman–Crippen LogP) is 2.85. The highest BCUT2D eigenvalue weighted by Gasteiger charge is 2.35. The first kappa shape index (κ1) is 17.7. The Bertz CT molecular complexity index is 491. The minimum Gasteiger partial charge on any atom is -0.463 e. The molecule has 2 rings (SSSR count). The van der Waals surface area contributed by atoms with Crippen molar-refractivity contribution in [2.75, 3.05) is 26.4 Å². The maximum atomic E-state index is 11.3. The molecule has 0 atom stereocenters. The number of benzene rings is 1. The van der Waals surface area contributed by atoms with E-state index in [0.29, 0.717) is 45.9 Å². The van der Waals surface area contributed by atoms with Crippen molar-refractivity contribution in [1.82, 2.24) is 0 Å². The Morgan fingerprint density at radius 1 is 1.26 bits per heavy atom. The number of ether oxygens (including phenoxy) is 4. The van der Waals surface area contributed by atoms with Crippen molar-refractivity contribution < 1.29 is 23.7 Å². The van der Waals surface area contributed by atoms with Gasteiger partial charge in [-0.2, -0.15) is 0 Å². The van der Waals surface area contributed by atoms with Crippen molar-refractivity contribution in [3.8, 4) is 0 Å². The van der Waals surface area contributed by atoms with Crippen LogP contribution in [0, 0.1) is 0 Å². The van der Waals surface area contributed by atoms with Crippen molar-refractivity contribution in [2.24, 2.45) is 0 Å². The molecule has 1 heterocycles. The molecular formula is C18H24O5. The molecule has 5 nitrogen and oxygen atoms in total. The average molecular weight is 320 g/mol. The normalized spacial score (nSPS) is 16.7. The monoisotopic (exact) mass is 320 g/mol. The van der Waals surface area contributed by atoms with Crippen LogP contribution in [0.5, 0.6) is 0 Å². The Morgan fingerprint density at radius 2 is 2.00 bits per heavy atom. The summed E-state index contributed by atoms with van der Waals surface area (Å²) in [7, 11) is 0. The largest absolute Gasteiger partial charge is 0.463 e. The third-order valence-corrected chi connectivity index (χ3v) is 3.52.